The summed E-state index contributed by atoms with van der Waals surface area (Å²) < 4.78 is 13.3. The van der Waals surface area contributed by atoms with Gasteiger partial charge in [0.05, 0.1) is 11.7 Å². The van der Waals surface area contributed by atoms with Crippen molar-refractivity contribution >= 4 is 6.09 Å². The Labute approximate surface area is 154 Å². The Morgan fingerprint density at radius 3 is 2.50 bits per heavy atom. The molecule has 0 aliphatic carbocycles. The lowest BCUT2D eigenvalue weighted by Gasteiger charge is -2.34. The molecule has 3 rings (SSSR count). The Morgan fingerprint density at radius 2 is 1.85 bits per heavy atom. The van der Waals surface area contributed by atoms with Crippen LogP contribution in [0.3, 0.4) is 0 Å². The van der Waals surface area contributed by atoms with Crippen molar-refractivity contribution in [3.05, 3.63) is 48.3 Å². The minimum Gasteiger partial charge on any atom is -0.487 e. The summed E-state index contributed by atoms with van der Waals surface area (Å²) in [5, 5.41) is 4.48. The fourth-order valence-electron chi connectivity index (χ4n) is 3.08. The van der Waals surface area contributed by atoms with Crippen LogP contribution in [0.1, 0.15) is 45.3 Å². The van der Waals surface area contributed by atoms with E-state index in [2.05, 4.69) is 5.10 Å². The number of hydrogen-bond acceptors (Lipinski definition) is 4. The molecule has 1 aromatic carbocycles. The molecule has 1 saturated heterocycles. The molecule has 0 N–H and O–H groups in total. The number of benzene rings is 1. The largest absolute Gasteiger partial charge is 0.487 e. The first-order valence-corrected chi connectivity index (χ1v) is 9.10. The fourth-order valence-corrected chi connectivity index (χ4v) is 3.08. The van der Waals surface area contributed by atoms with E-state index >= 15 is 0 Å². The minimum absolute atomic E-state index is 0.232. The molecule has 0 spiro atoms. The summed E-state index contributed by atoms with van der Waals surface area (Å²) in [4.78, 5) is 14.0. The van der Waals surface area contributed by atoms with Gasteiger partial charge in [0.2, 0.25) is 0 Å². The molecule has 0 atom stereocenters. The molecule has 140 valence electrons. The first-order valence-electron chi connectivity index (χ1n) is 9.10. The lowest BCUT2D eigenvalue weighted by atomic mass is 10.1. The molecule has 2 aromatic rings. The maximum atomic E-state index is 12.2. The van der Waals surface area contributed by atoms with Crippen molar-refractivity contribution in [2.45, 2.75) is 51.9 Å². The first kappa shape index (κ1) is 18.3. The molecule has 1 aromatic heterocycles. The van der Waals surface area contributed by atoms with Crippen LogP contribution in [-0.2, 0) is 11.3 Å². The third-order valence-corrected chi connectivity index (χ3v) is 4.34. The van der Waals surface area contributed by atoms with Crippen molar-refractivity contribution < 1.29 is 14.3 Å². The first-order chi connectivity index (χ1) is 12.4. The topological polar surface area (TPSA) is 56.6 Å². The number of piperidine rings is 1. The Morgan fingerprint density at radius 1 is 1.15 bits per heavy atom. The molecule has 0 saturated carbocycles. The Balaban J connectivity index is 1.55. The number of nitrogens with zero attached hydrogens (tertiary/aromatic N) is 3. The van der Waals surface area contributed by atoms with Gasteiger partial charge in [0.1, 0.15) is 18.0 Å². The van der Waals surface area contributed by atoms with Crippen LogP contribution in [0.4, 0.5) is 4.79 Å². The van der Waals surface area contributed by atoms with Crippen molar-refractivity contribution in [2.75, 3.05) is 13.1 Å². The highest BCUT2D eigenvalue weighted by Gasteiger charge is 2.28. The smallest absolute Gasteiger partial charge is 0.410 e. The summed E-state index contributed by atoms with van der Waals surface area (Å²) in [7, 11) is 0. The van der Waals surface area contributed by atoms with E-state index in [-0.39, 0.29) is 12.1 Å². The molecule has 0 radical (unpaired) electrons. The van der Waals surface area contributed by atoms with Crippen LogP contribution >= 0.6 is 0 Å². The Hall–Kier alpha value is -2.50. The SMILES string of the molecule is CC(C)(C)OC(=O)N1CCC(n2nccc2COc2ccccc2)CC1. The Kier molecular flexibility index (Phi) is 5.49. The minimum atomic E-state index is -0.460. The predicted molar refractivity (Wildman–Crippen MR) is 99.1 cm³/mol. The van der Waals surface area contributed by atoms with E-state index < -0.39 is 5.60 Å². The van der Waals surface area contributed by atoms with Gasteiger partial charge in [0.15, 0.2) is 0 Å². The summed E-state index contributed by atoms with van der Waals surface area (Å²) in [6.07, 6.45) is 3.30. The van der Waals surface area contributed by atoms with Crippen molar-refractivity contribution in [3.63, 3.8) is 0 Å². The quantitative estimate of drug-likeness (QED) is 0.829. The number of aromatic nitrogens is 2. The van der Waals surface area contributed by atoms with Gasteiger partial charge in [-0.05, 0) is 51.8 Å². The third-order valence-electron chi connectivity index (χ3n) is 4.34. The van der Waals surface area contributed by atoms with E-state index in [4.69, 9.17) is 9.47 Å². The third kappa shape index (κ3) is 4.77. The maximum Gasteiger partial charge on any atom is 0.410 e. The molecule has 1 aliphatic rings. The number of rotatable bonds is 4. The van der Waals surface area contributed by atoms with E-state index in [0.29, 0.717) is 19.7 Å². The zero-order chi connectivity index (χ0) is 18.6. The van der Waals surface area contributed by atoms with Gasteiger partial charge in [0, 0.05) is 19.3 Å². The average molecular weight is 357 g/mol. The van der Waals surface area contributed by atoms with E-state index in [1.54, 1.807) is 4.90 Å². The highest BCUT2D eigenvalue weighted by Crippen LogP contribution is 2.25. The van der Waals surface area contributed by atoms with Crippen LogP contribution in [0.5, 0.6) is 5.75 Å². The van der Waals surface area contributed by atoms with Crippen LogP contribution in [-0.4, -0.2) is 39.5 Å². The number of carbonyl (C=O) groups is 1. The van der Waals surface area contributed by atoms with E-state index in [9.17, 15) is 4.79 Å². The number of ether oxygens (including phenoxy) is 2. The highest BCUT2D eigenvalue weighted by atomic mass is 16.6. The summed E-state index contributed by atoms with van der Waals surface area (Å²) in [6, 6.07) is 12.0. The van der Waals surface area contributed by atoms with Gasteiger partial charge < -0.3 is 14.4 Å². The highest BCUT2D eigenvalue weighted by molar-refractivity contribution is 5.68. The van der Waals surface area contributed by atoms with Gasteiger partial charge >= 0.3 is 6.09 Å². The van der Waals surface area contributed by atoms with Gasteiger partial charge in [-0.3, -0.25) is 4.68 Å². The number of carbonyl (C=O) groups excluding carboxylic acids is 1. The van der Waals surface area contributed by atoms with Crippen molar-refractivity contribution in [1.82, 2.24) is 14.7 Å². The van der Waals surface area contributed by atoms with Gasteiger partial charge in [-0.2, -0.15) is 5.10 Å². The standard InChI is InChI=1S/C20H27N3O3/c1-20(2,3)26-19(24)22-13-10-16(11-14-22)23-17(9-12-21-23)15-25-18-7-5-4-6-8-18/h4-9,12,16H,10-11,13-15H2,1-3H3. The van der Waals surface area contributed by atoms with Gasteiger partial charge in [-0.15, -0.1) is 0 Å². The van der Waals surface area contributed by atoms with Crippen LogP contribution in [0, 0.1) is 0 Å². The average Bonchev–Trinajstić information content (AvgIpc) is 3.08. The maximum absolute atomic E-state index is 12.2. The molecule has 1 amide bonds. The Bertz CT molecular complexity index is 713. The van der Waals surface area contributed by atoms with Crippen LogP contribution < -0.4 is 4.74 Å². The molecule has 6 heteroatoms. The molecule has 2 heterocycles. The number of amides is 1. The fraction of sp³-hybridized carbons (Fsp3) is 0.500. The summed E-state index contributed by atoms with van der Waals surface area (Å²) in [5.41, 5.74) is 0.585. The van der Waals surface area contributed by atoms with Gasteiger partial charge in [-0.1, -0.05) is 18.2 Å². The van der Waals surface area contributed by atoms with Crippen molar-refractivity contribution in [3.8, 4) is 5.75 Å². The lowest BCUT2D eigenvalue weighted by molar-refractivity contribution is 0.0183. The van der Waals surface area contributed by atoms with E-state index in [1.165, 1.54) is 0 Å². The van der Waals surface area contributed by atoms with Crippen LogP contribution in [0.2, 0.25) is 0 Å². The van der Waals surface area contributed by atoms with Gasteiger partial charge in [0.25, 0.3) is 0 Å². The monoisotopic (exact) mass is 357 g/mol. The normalized spacial score (nSPS) is 15.7. The lowest BCUT2D eigenvalue weighted by Crippen LogP contribution is -2.42. The molecule has 1 fully saturated rings. The number of para-hydroxylation sites is 1. The molecular weight excluding hydrogens is 330 g/mol. The van der Waals surface area contributed by atoms with Crippen molar-refractivity contribution in [1.29, 1.82) is 0 Å². The summed E-state index contributed by atoms with van der Waals surface area (Å²) >= 11 is 0. The summed E-state index contributed by atoms with van der Waals surface area (Å²) in [6.45, 7) is 7.51. The zero-order valence-corrected chi connectivity index (χ0v) is 15.7. The number of likely N-dealkylation sites (tertiary alicyclic amines) is 1. The number of hydrogen-bond donors (Lipinski definition) is 0. The van der Waals surface area contributed by atoms with Crippen molar-refractivity contribution in [2.24, 2.45) is 0 Å². The molecule has 1 aliphatic heterocycles. The van der Waals surface area contributed by atoms with Crippen LogP contribution in [0.15, 0.2) is 42.6 Å². The predicted octanol–water partition coefficient (Wildman–Crippen LogP) is 4.03. The molecule has 0 unspecified atom stereocenters. The zero-order valence-electron chi connectivity index (χ0n) is 15.7. The molecular formula is C20H27N3O3. The molecule has 0 bridgehead atoms. The second-order valence-electron chi connectivity index (χ2n) is 7.57. The summed E-state index contributed by atoms with van der Waals surface area (Å²) in [5.74, 6) is 0.847. The van der Waals surface area contributed by atoms with E-state index in [1.807, 2.05) is 68.0 Å². The second kappa shape index (κ2) is 7.81. The van der Waals surface area contributed by atoms with Crippen LogP contribution in [0.25, 0.3) is 0 Å². The molecule has 6 nitrogen and oxygen atoms in total. The van der Waals surface area contributed by atoms with E-state index in [0.717, 1.165) is 24.3 Å². The second-order valence-corrected chi connectivity index (χ2v) is 7.57. The van der Waals surface area contributed by atoms with Gasteiger partial charge in [-0.25, -0.2) is 4.79 Å². The molecule has 26 heavy (non-hydrogen) atoms.